The second-order valence-electron chi connectivity index (χ2n) is 4.00. The third-order valence-corrected chi connectivity index (χ3v) is 2.75. The van der Waals surface area contributed by atoms with Crippen molar-refractivity contribution in [3.63, 3.8) is 0 Å². The molecule has 0 aliphatic heterocycles. The fourth-order valence-electron chi connectivity index (χ4n) is 1.85. The maximum absolute atomic E-state index is 5.97. The van der Waals surface area contributed by atoms with Gasteiger partial charge >= 0.3 is 0 Å². The van der Waals surface area contributed by atoms with Gasteiger partial charge in [-0.3, -0.25) is 0 Å². The van der Waals surface area contributed by atoms with Crippen LogP contribution in [0.1, 0.15) is 5.56 Å². The molecule has 4 heteroatoms. The van der Waals surface area contributed by atoms with E-state index in [-0.39, 0.29) is 0 Å². The van der Waals surface area contributed by atoms with E-state index in [1.807, 2.05) is 43.3 Å². The van der Waals surface area contributed by atoms with E-state index in [0.29, 0.717) is 5.82 Å². The molecule has 17 heavy (non-hydrogen) atoms. The first-order valence-corrected chi connectivity index (χ1v) is 5.42. The molecule has 84 valence electrons. The summed E-state index contributed by atoms with van der Waals surface area (Å²) in [5.74, 6) is 0.599. The first-order chi connectivity index (χ1) is 8.25. The number of nitrogens with two attached hydrogens (primary N) is 1. The highest BCUT2D eigenvalue weighted by Crippen LogP contribution is 2.21. The van der Waals surface area contributed by atoms with Gasteiger partial charge in [0.2, 0.25) is 0 Å². The van der Waals surface area contributed by atoms with Crippen LogP contribution in [-0.4, -0.2) is 14.6 Å². The van der Waals surface area contributed by atoms with Crippen molar-refractivity contribution in [3.05, 3.63) is 48.2 Å². The molecule has 0 aliphatic carbocycles. The van der Waals surface area contributed by atoms with Gasteiger partial charge < -0.3 is 5.73 Å². The van der Waals surface area contributed by atoms with Crippen LogP contribution >= 0.6 is 0 Å². The molecule has 2 aromatic heterocycles. The highest BCUT2D eigenvalue weighted by atomic mass is 15.3. The van der Waals surface area contributed by atoms with E-state index in [1.165, 1.54) is 0 Å². The van der Waals surface area contributed by atoms with Crippen molar-refractivity contribution in [1.29, 1.82) is 0 Å². The molecular formula is C13H12N4. The zero-order chi connectivity index (χ0) is 11.8. The fraction of sp³-hybridized carbons (Fsp3) is 0.0769. The van der Waals surface area contributed by atoms with Crippen molar-refractivity contribution in [2.24, 2.45) is 0 Å². The van der Waals surface area contributed by atoms with Crippen molar-refractivity contribution >= 4 is 11.5 Å². The predicted molar refractivity (Wildman–Crippen MR) is 67.6 cm³/mol. The molecule has 0 spiro atoms. The van der Waals surface area contributed by atoms with Crippen LogP contribution in [0.4, 0.5) is 5.82 Å². The van der Waals surface area contributed by atoms with Gasteiger partial charge in [-0.1, -0.05) is 30.3 Å². The zero-order valence-electron chi connectivity index (χ0n) is 9.46. The van der Waals surface area contributed by atoms with Crippen molar-refractivity contribution in [2.75, 3.05) is 5.73 Å². The number of aromatic nitrogens is 3. The van der Waals surface area contributed by atoms with Gasteiger partial charge in [0, 0.05) is 17.2 Å². The largest absolute Gasteiger partial charge is 0.384 e. The third-order valence-electron chi connectivity index (χ3n) is 2.75. The Labute approximate surface area is 98.7 Å². The molecule has 0 radical (unpaired) electrons. The number of aryl methyl sites for hydroxylation is 1. The van der Waals surface area contributed by atoms with Crippen LogP contribution in [-0.2, 0) is 0 Å². The zero-order valence-corrected chi connectivity index (χ0v) is 9.46. The molecule has 0 aliphatic rings. The van der Waals surface area contributed by atoms with Gasteiger partial charge in [-0.2, -0.15) is 9.61 Å². The summed E-state index contributed by atoms with van der Waals surface area (Å²) in [6.07, 6.45) is 1.77. The Kier molecular flexibility index (Phi) is 2.08. The van der Waals surface area contributed by atoms with E-state index < -0.39 is 0 Å². The van der Waals surface area contributed by atoms with Gasteiger partial charge in [-0.25, -0.2) is 4.98 Å². The average Bonchev–Trinajstić information content (AvgIpc) is 2.73. The second-order valence-corrected chi connectivity index (χ2v) is 4.00. The number of fused-ring (bicyclic) bond motifs is 1. The molecule has 0 unspecified atom stereocenters. The smallest absolute Gasteiger partial charge is 0.160 e. The molecule has 0 fully saturated rings. The SMILES string of the molecule is Cc1cnn2c(N)cc(-c3ccccc3)nc12. The first-order valence-electron chi connectivity index (χ1n) is 5.42. The molecule has 0 saturated heterocycles. The molecule has 0 bridgehead atoms. The molecule has 4 nitrogen and oxygen atoms in total. The number of hydrogen-bond acceptors (Lipinski definition) is 3. The standard InChI is InChI=1S/C13H12N4/c1-9-8-15-17-12(14)7-11(16-13(9)17)10-5-3-2-4-6-10/h2-8H,14H2,1H3. The van der Waals surface area contributed by atoms with Crippen LogP contribution in [0.2, 0.25) is 0 Å². The van der Waals surface area contributed by atoms with Gasteiger partial charge in [-0.05, 0) is 6.92 Å². The number of nitrogens with zero attached hydrogens (tertiary/aromatic N) is 3. The minimum Gasteiger partial charge on any atom is -0.384 e. The Balaban J connectivity index is 2.28. The number of benzene rings is 1. The predicted octanol–water partition coefficient (Wildman–Crippen LogP) is 2.29. The van der Waals surface area contributed by atoms with Gasteiger partial charge in [0.05, 0.1) is 11.9 Å². The van der Waals surface area contributed by atoms with E-state index in [2.05, 4.69) is 10.1 Å². The van der Waals surface area contributed by atoms with Crippen molar-refractivity contribution < 1.29 is 0 Å². The van der Waals surface area contributed by atoms with E-state index in [0.717, 1.165) is 22.5 Å². The molecule has 0 atom stereocenters. The molecule has 2 heterocycles. The number of rotatable bonds is 1. The Morgan fingerprint density at radius 3 is 2.71 bits per heavy atom. The summed E-state index contributed by atoms with van der Waals surface area (Å²) < 4.78 is 1.65. The lowest BCUT2D eigenvalue weighted by molar-refractivity contribution is 0.954. The minimum absolute atomic E-state index is 0.599. The quantitative estimate of drug-likeness (QED) is 0.690. The molecule has 2 N–H and O–H groups in total. The Bertz CT molecular complexity index is 670. The Hall–Kier alpha value is -2.36. The maximum atomic E-state index is 5.97. The average molecular weight is 224 g/mol. The minimum atomic E-state index is 0.599. The molecular weight excluding hydrogens is 212 g/mol. The van der Waals surface area contributed by atoms with E-state index in [4.69, 9.17) is 5.73 Å². The van der Waals surface area contributed by atoms with E-state index in [1.54, 1.807) is 10.7 Å². The van der Waals surface area contributed by atoms with E-state index >= 15 is 0 Å². The van der Waals surface area contributed by atoms with Crippen LogP contribution in [0.3, 0.4) is 0 Å². The summed E-state index contributed by atoms with van der Waals surface area (Å²) in [6, 6.07) is 11.8. The summed E-state index contributed by atoms with van der Waals surface area (Å²) in [5.41, 5.74) is 9.73. The fourth-order valence-corrected chi connectivity index (χ4v) is 1.85. The summed E-state index contributed by atoms with van der Waals surface area (Å²) >= 11 is 0. The lowest BCUT2D eigenvalue weighted by atomic mass is 10.1. The highest BCUT2D eigenvalue weighted by Gasteiger charge is 2.07. The van der Waals surface area contributed by atoms with E-state index in [9.17, 15) is 0 Å². The van der Waals surface area contributed by atoms with Gasteiger partial charge in [0.25, 0.3) is 0 Å². The van der Waals surface area contributed by atoms with Crippen LogP contribution in [0.25, 0.3) is 16.9 Å². The second kappa shape index (κ2) is 3.59. The molecule has 3 rings (SSSR count). The third kappa shape index (κ3) is 1.54. The molecule has 3 aromatic rings. The number of anilines is 1. The monoisotopic (exact) mass is 224 g/mol. The summed E-state index contributed by atoms with van der Waals surface area (Å²) in [7, 11) is 0. The lowest BCUT2D eigenvalue weighted by Gasteiger charge is -2.04. The number of hydrogen-bond donors (Lipinski definition) is 1. The van der Waals surface area contributed by atoms with Gasteiger partial charge in [0.1, 0.15) is 5.82 Å². The van der Waals surface area contributed by atoms with Crippen molar-refractivity contribution in [3.8, 4) is 11.3 Å². The summed E-state index contributed by atoms with van der Waals surface area (Å²) in [6.45, 7) is 1.98. The van der Waals surface area contributed by atoms with Crippen molar-refractivity contribution in [2.45, 2.75) is 6.92 Å². The molecule has 0 saturated carbocycles. The Morgan fingerprint density at radius 1 is 1.18 bits per heavy atom. The summed E-state index contributed by atoms with van der Waals surface area (Å²) in [4.78, 5) is 4.59. The maximum Gasteiger partial charge on any atom is 0.160 e. The Morgan fingerprint density at radius 2 is 1.94 bits per heavy atom. The highest BCUT2D eigenvalue weighted by molar-refractivity contribution is 5.66. The molecule has 1 aromatic carbocycles. The van der Waals surface area contributed by atoms with Crippen LogP contribution in [0, 0.1) is 6.92 Å². The topological polar surface area (TPSA) is 56.2 Å². The normalized spacial score (nSPS) is 10.9. The van der Waals surface area contributed by atoms with Crippen LogP contribution in [0.5, 0.6) is 0 Å². The van der Waals surface area contributed by atoms with Crippen molar-refractivity contribution in [1.82, 2.24) is 14.6 Å². The number of nitrogen functional groups attached to an aromatic ring is 1. The lowest BCUT2D eigenvalue weighted by Crippen LogP contribution is -2.01. The first kappa shape index (κ1) is 9.84. The van der Waals surface area contributed by atoms with Crippen LogP contribution < -0.4 is 5.73 Å². The van der Waals surface area contributed by atoms with Crippen LogP contribution in [0.15, 0.2) is 42.6 Å². The van der Waals surface area contributed by atoms with Gasteiger partial charge in [0.15, 0.2) is 5.65 Å². The summed E-state index contributed by atoms with van der Waals surface area (Å²) in [5, 5.41) is 4.18. The molecule has 0 amide bonds. The van der Waals surface area contributed by atoms with Gasteiger partial charge in [-0.15, -0.1) is 0 Å².